The highest BCUT2D eigenvalue weighted by Gasteiger charge is 2.38. The molecule has 2 aromatic rings. The third kappa shape index (κ3) is 3.88. The van der Waals surface area contributed by atoms with Crippen molar-refractivity contribution in [1.82, 2.24) is 24.8 Å². The molecule has 0 bridgehead atoms. The number of nitrogens with one attached hydrogen (secondary N) is 2. The predicted octanol–water partition coefficient (Wildman–Crippen LogP) is 0.963. The van der Waals surface area contributed by atoms with Crippen molar-refractivity contribution >= 4 is 23.5 Å². The Bertz CT molecular complexity index is 706. The van der Waals surface area contributed by atoms with Gasteiger partial charge >= 0.3 is 0 Å². The fourth-order valence-electron chi connectivity index (χ4n) is 3.48. The highest BCUT2D eigenvalue weighted by atomic mass is 16.5. The average molecular weight is 348 g/mol. The van der Waals surface area contributed by atoms with Gasteiger partial charge in [-0.25, -0.2) is 15.0 Å². The molecule has 0 radical (unpaired) electrons. The van der Waals surface area contributed by atoms with Crippen molar-refractivity contribution in [3.63, 3.8) is 0 Å². The van der Waals surface area contributed by atoms with Crippen LogP contribution in [0.3, 0.4) is 0 Å². The molecule has 9 nitrogen and oxygen atoms in total. The number of hydrogen-bond donors (Lipinski definition) is 3. The van der Waals surface area contributed by atoms with E-state index in [0.717, 1.165) is 37.5 Å². The van der Waals surface area contributed by atoms with Crippen molar-refractivity contribution < 1.29 is 14.6 Å². The number of hydrogen-bond acceptors (Lipinski definition) is 7. The maximum Gasteiger partial charge on any atom is 0.290 e. The Kier molecular flexibility index (Phi) is 5.44. The summed E-state index contributed by atoms with van der Waals surface area (Å²) in [6.07, 6.45) is 4.66. The second-order valence-corrected chi connectivity index (χ2v) is 6.73. The van der Waals surface area contributed by atoms with Crippen molar-refractivity contribution in [3.05, 3.63) is 12.7 Å². The zero-order valence-electron chi connectivity index (χ0n) is 14.4. The smallest absolute Gasteiger partial charge is 0.290 e. The van der Waals surface area contributed by atoms with Crippen LogP contribution < -0.4 is 5.32 Å². The second-order valence-electron chi connectivity index (χ2n) is 6.73. The Labute approximate surface area is 145 Å². The van der Waals surface area contributed by atoms with Crippen molar-refractivity contribution in [3.8, 4) is 0 Å². The zero-order valence-corrected chi connectivity index (χ0v) is 14.4. The number of imidazole rings is 1. The van der Waals surface area contributed by atoms with Gasteiger partial charge in [0.15, 0.2) is 11.5 Å². The molecule has 2 fully saturated rings. The minimum Gasteiger partial charge on any atom is -0.483 e. The first-order valence-corrected chi connectivity index (χ1v) is 8.46. The number of fused-ring (bicyclic) bond motifs is 2. The molecule has 4 heterocycles. The monoisotopic (exact) mass is 348 g/mol. The van der Waals surface area contributed by atoms with Gasteiger partial charge < -0.3 is 20.1 Å². The molecule has 2 aliphatic rings. The molecule has 3 N–H and O–H groups in total. The average Bonchev–Trinajstić information content (AvgIpc) is 3.21. The third-order valence-electron chi connectivity index (χ3n) is 4.75. The summed E-state index contributed by atoms with van der Waals surface area (Å²) in [4.78, 5) is 26.7. The van der Waals surface area contributed by atoms with Crippen LogP contribution in [-0.2, 0) is 9.53 Å². The van der Waals surface area contributed by atoms with E-state index in [4.69, 9.17) is 14.6 Å². The molecule has 136 valence electrons. The van der Waals surface area contributed by atoms with Crippen LogP contribution in [0.4, 0.5) is 5.82 Å². The molecule has 0 saturated carbocycles. The van der Waals surface area contributed by atoms with Crippen molar-refractivity contribution in [2.75, 3.05) is 25.0 Å². The molecule has 2 saturated heterocycles. The van der Waals surface area contributed by atoms with E-state index >= 15 is 0 Å². The fraction of sp³-hybridized carbons (Fsp3) is 0.625. The number of morpholine rings is 1. The van der Waals surface area contributed by atoms with Crippen molar-refractivity contribution in [1.29, 1.82) is 0 Å². The van der Waals surface area contributed by atoms with E-state index in [2.05, 4.69) is 44.0 Å². The van der Waals surface area contributed by atoms with Crippen LogP contribution in [0.25, 0.3) is 11.2 Å². The molecule has 0 aliphatic carbocycles. The van der Waals surface area contributed by atoms with Gasteiger partial charge in [-0.05, 0) is 12.3 Å². The van der Waals surface area contributed by atoms with Crippen LogP contribution in [0.5, 0.6) is 0 Å². The van der Waals surface area contributed by atoms with Crippen LogP contribution >= 0.6 is 0 Å². The maximum atomic E-state index is 8.36. The lowest BCUT2D eigenvalue weighted by Gasteiger charge is -2.36. The molecular formula is C16H24N6O3. The van der Waals surface area contributed by atoms with Gasteiger partial charge in [-0.15, -0.1) is 0 Å². The fourth-order valence-corrected chi connectivity index (χ4v) is 3.48. The summed E-state index contributed by atoms with van der Waals surface area (Å²) >= 11 is 0. The molecule has 2 aromatic heterocycles. The molecule has 3 atom stereocenters. The van der Waals surface area contributed by atoms with Gasteiger partial charge in [0.2, 0.25) is 0 Å². The van der Waals surface area contributed by atoms with Crippen molar-refractivity contribution in [2.24, 2.45) is 5.92 Å². The van der Waals surface area contributed by atoms with E-state index in [1.54, 1.807) is 12.7 Å². The van der Waals surface area contributed by atoms with Crippen LogP contribution in [-0.4, -0.2) is 74.3 Å². The summed E-state index contributed by atoms with van der Waals surface area (Å²) in [5.41, 5.74) is 1.58. The number of ether oxygens (including phenoxy) is 1. The SMILES string of the molecule is CC(C)[C@@H]1CN2C[C@@H](Nc3ncnc4nc[nH]c34)C[C@H]2CO1.O=CO. The van der Waals surface area contributed by atoms with Gasteiger partial charge in [0.1, 0.15) is 11.8 Å². The molecule has 25 heavy (non-hydrogen) atoms. The van der Waals surface area contributed by atoms with Gasteiger partial charge in [-0.2, -0.15) is 0 Å². The Morgan fingerprint density at radius 1 is 1.40 bits per heavy atom. The van der Waals surface area contributed by atoms with E-state index in [1.165, 1.54) is 0 Å². The lowest BCUT2D eigenvalue weighted by Crippen LogP contribution is -2.48. The maximum absolute atomic E-state index is 8.36. The zero-order chi connectivity index (χ0) is 17.8. The van der Waals surface area contributed by atoms with E-state index in [1.807, 2.05) is 0 Å². The molecule has 9 heteroatoms. The van der Waals surface area contributed by atoms with E-state index in [-0.39, 0.29) is 6.47 Å². The molecule has 2 aliphatic heterocycles. The highest BCUT2D eigenvalue weighted by Crippen LogP contribution is 2.28. The Balaban J connectivity index is 0.000000569. The van der Waals surface area contributed by atoms with Crippen LogP contribution in [0.1, 0.15) is 20.3 Å². The standard InChI is InChI=1S/C15H22N6O.CH2O2/c1-9(2)12-5-21-4-10(3-11(21)6-22-12)20-15-13-14(17-7-16-13)18-8-19-15;2-1-3/h7-12H,3-6H2,1-2H3,(H2,16,17,18,19,20);1H,(H,2,3)/t10-,11-,12-;/m0./s1. The summed E-state index contributed by atoms with van der Waals surface area (Å²) in [5.74, 6) is 1.41. The van der Waals surface area contributed by atoms with Crippen LogP contribution in [0.2, 0.25) is 0 Å². The lowest BCUT2D eigenvalue weighted by atomic mass is 10.0. The van der Waals surface area contributed by atoms with Crippen LogP contribution in [0.15, 0.2) is 12.7 Å². The van der Waals surface area contributed by atoms with Gasteiger partial charge in [-0.3, -0.25) is 9.69 Å². The van der Waals surface area contributed by atoms with E-state index < -0.39 is 0 Å². The Hall–Kier alpha value is -2.26. The van der Waals surface area contributed by atoms with E-state index in [9.17, 15) is 0 Å². The summed E-state index contributed by atoms with van der Waals surface area (Å²) in [7, 11) is 0. The number of carbonyl (C=O) groups is 1. The third-order valence-corrected chi connectivity index (χ3v) is 4.75. The number of aromatic amines is 1. The number of aromatic nitrogens is 4. The first-order chi connectivity index (χ1) is 12.1. The van der Waals surface area contributed by atoms with Crippen LogP contribution in [0, 0.1) is 5.92 Å². The molecular weight excluding hydrogens is 324 g/mol. The molecule has 0 aromatic carbocycles. The number of nitrogens with zero attached hydrogens (tertiary/aromatic N) is 4. The van der Waals surface area contributed by atoms with Gasteiger partial charge in [0.25, 0.3) is 6.47 Å². The summed E-state index contributed by atoms with van der Waals surface area (Å²) in [6.45, 7) is 7.12. The largest absolute Gasteiger partial charge is 0.483 e. The Morgan fingerprint density at radius 3 is 2.96 bits per heavy atom. The number of carboxylic acid groups (broad SMARTS) is 1. The topological polar surface area (TPSA) is 116 Å². The predicted molar refractivity (Wildman–Crippen MR) is 92.3 cm³/mol. The molecule has 0 unspecified atom stereocenters. The highest BCUT2D eigenvalue weighted by molar-refractivity contribution is 5.82. The number of rotatable bonds is 3. The first-order valence-electron chi connectivity index (χ1n) is 8.46. The minimum atomic E-state index is -0.250. The molecule has 0 spiro atoms. The van der Waals surface area contributed by atoms with E-state index in [0.29, 0.717) is 29.8 Å². The number of H-pyrrole nitrogens is 1. The molecule has 4 rings (SSSR count). The summed E-state index contributed by atoms with van der Waals surface area (Å²) in [6, 6.07) is 0.910. The van der Waals surface area contributed by atoms with Gasteiger partial charge in [0, 0.05) is 25.2 Å². The first kappa shape index (κ1) is 17.6. The minimum absolute atomic E-state index is 0.250. The Morgan fingerprint density at radius 2 is 2.20 bits per heavy atom. The molecule has 0 amide bonds. The quantitative estimate of drug-likeness (QED) is 0.703. The van der Waals surface area contributed by atoms with Crippen molar-refractivity contribution in [2.45, 2.75) is 38.5 Å². The normalized spacial score (nSPS) is 26.1. The van der Waals surface area contributed by atoms with Gasteiger partial charge in [-0.1, -0.05) is 13.8 Å². The lowest BCUT2D eigenvalue weighted by molar-refractivity contribution is -0.122. The summed E-state index contributed by atoms with van der Waals surface area (Å²) in [5, 5.41) is 10.4. The number of anilines is 1. The second kappa shape index (κ2) is 7.75. The van der Waals surface area contributed by atoms with Gasteiger partial charge in [0.05, 0.1) is 19.0 Å². The summed E-state index contributed by atoms with van der Waals surface area (Å²) < 4.78 is 6.00.